The molecule has 0 spiro atoms. The maximum absolute atomic E-state index is 12.8. The van der Waals surface area contributed by atoms with Crippen LogP contribution in [0.4, 0.5) is 0 Å². The number of nitrogens with zero attached hydrogens (tertiary/aromatic N) is 1. The Morgan fingerprint density at radius 2 is 1.78 bits per heavy atom. The van der Waals surface area contributed by atoms with Crippen LogP contribution in [0.25, 0.3) is 0 Å². The number of benzene rings is 2. The highest BCUT2D eigenvalue weighted by Crippen LogP contribution is 2.29. The minimum Gasteiger partial charge on any atom is -0.493 e. The molecule has 0 unspecified atom stereocenters. The van der Waals surface area contributed by atoms with Crippen molar-refractivity contribution in [3.8, 4) is 17.2 Å². The van der Waals surface area contributed by atoms with Crippen molar-refractivity contribution < 1.29 is 28.6 Å². The van der Waals surface area contributed by atoms with Gasteiger partial charge >= 0.3 is 0 Å². The zero-order chi connectivity index (χ0) is 19.6. The Morgan fingerprint density at radius 1 is 1.07 bits per heavy atom. The SMILES string of the molecule is COc1ccc(C(=O)CN2C(=O)c3ccccc3O[C@@H](C)C2=O)cc1OC. The van der Waals surface area contributed by atoms with Crippen LogP contribution in [-0.2, 0) is 4.79 Å². The number of carbonyl (C=O) groups excluding carboxylic acids is 3. The van der Waals surface area contributed by atoms with Crippen molar-refractivity contribution in [2.24, 2.45) is 0 Å². The van der Waals surface area contributed by atoms with Crippen LogP contribution in [0.15, 0.2) is 42.5 Å². The van der Waals surface area contributed by atoms with Crippen molar-refractivity contribution >= 4 is 17.6 Å². The van der Waals surface area contributed by atoms with Gasteiger partial charge in [-0.05, 0) is 37.3 Å². The molecule has 2 aromatic rings. The third-order valence-corrected chi connectivity index (χ3v) is 4.29. The van der Waals surface area contributed by atoms with Crippen molar-refractivity contribution in [3.63, 3.8) is 0 Å². The number of amides is 2. The summed E-state index contributed by atoms with van der Waals surface area (Å²) < 4.78 is 15.9. The lowest BCUT2D eigenvalue weighted by atomic mass is 10.1. The molecule has 1 aliphatic rings. The molecule has 0 aromatic heterocycles. The first-order valence-electron chi connectivity index (χ1n) is 8.33. The van der Waals surface area contributed by atoms with Crippen molar-refractivity contribution in [2.45, 2.75) is 13.0 Å². The fraction of sp³-hybridized carbons (Fsp3) is 0.250. The van der Waals surface area contributed by atoms with Gasteiger partial charge in [0.1, 0.15) is 5.75 Å². The maximum atomic E-state index is 12.8. The van der Waals surface area contributed by atoms with Gasteiger partial charge in [0.15, 0.2) is 23.4 Å². The maximum Gasteiger partial charge on any atom is 0.270 e. The first-order valence-corrected chi connectivity index (χ1v) is 8.33. The molecular weight excluding hydrogens is 350 g/mol. The Labute approximate surface area is 156 Å². The summed E-state index contributed by atoms with van der Waals surface area (Å²) in [5.41, 5.74) is 0.551. The fourth-order valence-corrected chi connectivity index (χ4v) is 2.85. The van der Waals surface area contributed by atoms with Gasteiger partial charge in [-0.25, -0.2) is 0 Å². The average Bonchev–Trinajstić information content (AvgIpc) is 2.78. The topological polar surface area (TPSA) is 82.1 Å². The van der Waals surface area contributed by atoms with Gasteiger partial charge in [-0.15, -0.1) is 0 Å². The number of carbonyl (C=O) groups is 3. The molecule has 140 valence electrons. The van der Waals surface area contributed by atoms with Crippen LogP contribution < -0.4 is 14.2 Å². The zero-order valence-corrected chi connectivity index (χ0v) is 15.2. The van der Waals surface area contributed by atoms with Crippen LogP contribution in [0.5, 0.6) is 17.2 Å². The number of methoxy groups -OCH3 is 2. The lowest BCUT2D eigenvalue weighted by Crippen LogP contribution is -2.44. The number of hydrogen-bond acceptors (Lipinski definition) is 6. The Balaban J connectivity index is 1.90. The first-order chi connectivity index (χ1) is 13.0. The molecule has 0 fully saturated rings. The van der Waals surface area contributed by atoms with Crippen molar-refractivity contribution in [1.29, 1.82) is 0 Å². The molecule has 1 heterocycles. The average molecular weight is 369 g/mol. The molecule has 1 aliphatic heterocycles. The molecule has 0 N–H and O–H groups in total. The number of hydrogen-bond donors (Lipinski definition) is 0. The minimum absolute atomic E-state index is 0.246. The van der Waals surface area contributed by atoms with E-state index < -0.39 is 30.2 Å². The zero-order valence-electron chi connectivity index (χ0n) is 15.2. The van der Waals surface area contributed by atoms with Gasteiger partial charge < -0.3 is 14.2 Å². The van der Waals surface area contributed by atoms with E-state index in [1.165, 1.54) is 20.3 Å². The second kappa shape index (κ2) is 7.49. The van der Waals surface area contributed by atoms with Gasteiger partial charge in [0.25, 0.3) is 11.8 Å². The predicted molar refractivity (Wildman–Crippen MR) is 96.5 cm³/mol. The number of ether oxygens (including phenoxy) is 3. The molecule has 0 radical (unpaired) electrons. The molecule has 7 nitrogen and oxygen atoms in total. The summed E-state index contributed by atoms with van der Waals surface area (Å²) in [7, 11) is 2.96. The van der Waals surface area contributed by atoms with E-state index in [1.807, 2.05) is 0 Å². The van der Waals surface area contributed by atoms with Crippen LogP contribution in [-0.4, -0.2) is 49.4 Å². The molecule has 1 atom stereocenters. The van der Waals surface area contributed by atoms with E-state index in [0.29, 0.717) is 22.8 Å². The van der Waals surface area contributed by atoms with E-state index in [9.17, 15) is 14.4 Å². The Kier molecular flexibility index (Phi) is 5.12. The normalized spacial score (nSPS) is 16.3. The van der Waals surface area contributed by atoms with Crippen LogP contribution in [0.1, 0.15) is 27.6 Å². The molecular formula is C20H19NO6. The fourth-order valence-electron chi connectivity index (χ4n) is 2.85. The molecule has 7 heteroatoms. The highest BCUT2D eigenvalue weighted by Gasteiger charge is 2.35. The number of fused-ring (bicyclic) bond motifs is 1. The molecule has 0 saturated carbocycles. The van der Waals surface area contributed by atoms with Gasteiger partial charge in [0.2, 0.25) is 0 Å². The Bertz CT molecular complexity index is 907. The van der Waals surface area contributed by atoms with E-state index in [1.54, 1.807) is 43.3 Å². The van der Waals surface area contributed by atoms with Crippen molar-refractivity contribution in [3.05, 3.63) is 53.6 Å². The van der Waals surface area contributed by atoms with Gasteiger partial charge in [0, 0.05) is 5.56 Å². The van der Waals surface area contributed by atoms with Crippen LogP contribution >= 0.6 is 0 Å². The van der Waals surface area contributed by atoms with E-state index in [-0.39, 0.29) is 5.56 Å². The second-order valence-corrected chi connectivity index (χ2v) is 5.98. The number of ketones is 1. The summed E-state index contributed by atoms with van der Waals surface area (Å²) in [6.45, 7) is 1.15. The highest BCUT2D eigenvalue weighted by atomic mass is 16.5. The number of Topliss-reactive ketones (excluding diaryl/α,β-unsaturated/α-hetero) is 1. The van der Waals surface area contributed by atoms with Gasteiger partial charge in [-0.1, -0.05) is 12.1 Å². The highest BCUT2D eigenvalue weighted by molar-refractivity contribution is 6.12. The van der Waals surface area contributed by atoms with Gasteiger partial charge in [-0.2, -0.15) is 0 Å². The molecule has 2 amide bonds. The van der Waals surface area contributed by atoms with Gasteiger partial charge in [0.05, 0.1) is 26.3 Å². The standard InChI is InChI=1S/C20H19NO6/c1-12-19(23)21(20(24)14-6-4-5-7-16(14)27-12)11-15(22)13-8-9-17(25-2)18(10-13)26-3/h4-10,12H,11H2,1-3H3/t12-/m0/s1. The lowest BCUT2D eigenvalue weighted by molar-refractivity contribution is -0.134. The van der Waals surface area contributed by atoms with Crippen LogP contribution in [0, 0.1) is 0 Å². The molecule has 0 aliphatic carbocycles. The third kappa shape index (κ3) is 3.48. The molecule has 0 bridgehead atoms. The summed E-state index contributed by atoms with van der Waals surface area (Å²) in [6, 6.07) is 11.3. The summed E-state index contributed by atoms with van der Waals surface area (Å²) in [6.07, 6.45) is -0.879. The molecule has 27 heavy (non-hydrogen) atoms. The molecule has 0 saturated heterocycles. The smallest absolute Gasteiger partial charge is 0.270 e. The lowest BCUT2D eigenvalue weighted by Gasteiger charge is -2.20. The first kappa shape index (κ1) is 18.4. The number of rotatable bonds is 5. The summed E-state index contributed by atoms with van der Waals surface area (Å²) >= 11 is 0. The summed E-state index contributed by atoms with van der Waals surface area (Å²) in [5.74, 6) is -0.335. The van der Waals surface area contributed by atoms with E-state index in [4.69, 9.17) is 14.2 Å². The third-order valence-electron chi connectivity index (χ3n) is 4.29. The Morgan fingerprint density at radius 3 is 2.48 bits per heavy atom. The van der Waals surface area contributed by atoms with Crippen LogP contribution in [0.3, 0.4) is 0 Å². The molecule has 3 rings (SSSR count). The van der Waals surface area contributed by atoms with E-state index in [0.717, 1.165) is 4.90 Å². The largest absolute Gasteiger partial charge is 0.493 e. The summed E-state index contributed by atoms with van der Waals surface area (Å²) in [5, 5.41) is 0. The minimum atomic E-state index is -0.879. The van der Waals surface area contributed by atoms with Crippen molar-refractivity contribution in [2.75, 3.05) is 20.8 Å². The van der Waals surface area contributed by atoms with Crippen LogP contribution in [0.2, 0.25) is 0 Å². The quantitative estimate of drug-likeness (QED) is 0.594. The number of para-hydroxylation sites is 1. The monoisotopic (exact) mass is 369 g/mol. The van der Waals surface area contributed by atoms with Gasteiger partial charge in [-0.3, -0.25) is 19.3 Å². The molecule has 2 aromatic carbocycles. The van der Waals surface area contributed by atoms with E-state index >= 15 is 0 Å². The Hall–Kier alpha value is -3.35. The van der Waals surface area contributed by atoms with E-state index in [2.05, 4.69) is 0 Å². The second-order valence-electron chi connectivity index (χ2n) is 5.98. The summed E-state index contributed by atoms with van der Waals surface area (Å²) in [4.78, 5) is 39.1. The predicted octanol–water partition coefficient (Wildman–Crippen LogP) is 2.34. The van der Waals surface area contributed by atoms with Crippen molar-refractivity contribution in [1.82, 2.24) is 4.90 Å². The number of imide groups is 1.